The molecule has 0 rings (SSSR count). The Labute approximate surface area is 110 Å². The van der Waals surface area contributed by atoms with Gasteiger partial charge in [0.25, 0.3) is 0 Å². The number of nitrogens with one attached hydrogen (secondary N) is 1. The van der Waals surface area contributed by atoms with Crippen LogP contribution in [0.3, 0.4) is 0 Å². The zero-order chi connectivity index (χ0) is 14.0. The van der Waals surface area contributed by atoms with Gasteiger partial charge in [-0.2, -0.15) is 0 Å². The van der Waals surface area contributed by atoms with E-state index in [0.717, 1.165) is 19.3 Å². The lowest BCUT2D eigenvalue weighted by Gasteiger charge is -2.22. The van der Waals surface area contributed by atoms with Gasteiger partial charge in [0.15, 0.2) is 0 Å². The van der Waals surface area contributed by atoms with Crippen LogP contribution in [0.5, 0.6) is 0 Å². The molecular weight excluding hydrogens is 230 g/mol. The molecule has 0 radical (unpaired) electrons. The molecular formula is C13H27N3O2. The van der Waals surface area contributed by atoms with E-state index >= 15 is 0 Å². The van der Waals surface area contributed by atoms with Gasteiger partial charge in [0.2, 0.25) is 5.91 Å². The number of aliphatic hydroxyl groups excluding tert-OH is 1. The molecule has 0 aliphatic carbocycles. The van der Waals surface area contributed by atoms with Crippen molar-refractivity contribution in [2.75, 3.05) is 20.2 Å². The first-order valence-corrected chi connectivity index (χ1v) is 6.51. The minimum atomic E-state index is -0.500. The minimum Gasteiger partial charge on any atom is -0.396 e. The second-order valence-electron chi connectivity index (χ2n) is 5.18. The van der Waals surface area contributed by atoms with E-state index in [1.165, 1.54) is 0 Å². The van der Waals surface area contributed by atoms with Crippen LogP contribution in [0.2, 0.25) is 0 Å². The van der Waals surface area contributed by atoms with Gasteiger partial charge in [-0.15, -0.1) is 0 Å². The normalized spacial score (nSPS) is 13.8. The molecule has 5 heteroatoms. The van der Waals surface area contributed by atoms with Gasteiger partial charge in [0.05, 0.1) is 0 Å². The average molecular weight is 257 g/mol. The first kappa shape index (κ1) is 17.1. The molecule has 0 fully saturated rings. The Kier molecular flexibility index (Phi) is 8.58. The fourth-order valence-electron chi connectivity index (χ4n) is 1.61. The molecule has 1 atom stereocenters. The van der Waals surface area contributed by atoms with Crippen LogP contribution in [0, 0.1) is 5.41 Å². The number of aliphatic hydroxyl groups is 1. The van der Waals surface area contributed by atoms with Crippen molar-refractivity contribution in [1.82, 2.24) is 5.32 Å². The third-order valence-corrected chi connectivity index (χ3v) is 2.94. The molecule has 106 valence electrons. The van der Waals surface area contributed by atoms with Gasteiger partial charge in [0.1, 0.15) is 0 Å². The molecule has 5 nitrogen and oxygen atoms in total. The summed E-state index contributed by atoms with van der Waals surface area (Å²) in [7, 11) is 1.71. The van der Waals surface area contributed by atoms with Crippen molar-refractivity contribution in [3.8, 4) is 0 Å². The topological polar surface area (TPSA) is 87.7 Å². The van der Waals surface area contributed by atoms with Crippen molar-refractivity contribution in [3.63, 3.8) is 0 Å². The van der Waals surface area contributed by atoms with Crippen molar-refractivity contribution in [2.24, 2.45) is 16.1 Å². The molecule has 0 aliphatic rings. The summed E-state index contributed by atoms with van der Waals surface area (Å²) in [5.41, 5.74) is 5.27. The van der Waals surface area contributed by atoms with Crippen LogP contribution in [0.25, 0.3) is 0 Å². The highest BCUT2D eigenvalue weighted by atomic mass is 16.3. The molecule has 1 unspecified atom stereocenters. The maximum Gasteiger partial charge on any atom is 0.225 e. The number of aliphatic imine (C=N–C) groups is 1. The molecule has 1 amide bonds. The Hall–Kier alpha value is -0.940. The number of hydrogen-bond acceptors (Lipinski definition) is 4. The lowest BCUT2D eigenvalue weighted by Crippen LogP contribution is -2.38. The van der Waals surface area contributed by atoms with Gasteiger partial charge < -0.3 is 16.2 Å². The Morgan fingerprint density at radius 1 is 1.50 bits per heavy atom. The van der Waals surface area contributed by atoms with E-state index in [9.17, 15) is 4.79 Å². The van der Waals surface area contributed by atoms with Gasteiger partial charge in [-0.1, -0.05) is 13.8 Å². The van der Waals surface area contributed by atoms with Crippen molar-refractivity contribution >= 4 is 12.1 Å². The second-order valence-corrected chi connectivity index (χ2v) is 5.18. The molecule has 0 bridgehead atoms. The van der Waals surface area contributed by atoms with Crippen LogP contribution in [0.15, 0.2) is 4.99 Å². The first-order chi connectivity index (χ1) is 8.44. The van der Waals surface area contributed by atoms with Gasteiger partial charge in [-0.25, -0.2) is 0 Å². The number of nitrogens with two attached hydrogens (primary N) is 1. The molecule has 0 saturated carbocycles. The fourth-order valence-corrected chi connectivity index (χ4v) is 1.61. The molecule has 0 spiro atoms. The van der Waals surface area contributed by atoms with Gasteiger partial charge >= 0.3 is 0 Å². The number of rotatable bonds is 9. The number of nitrogens with zero attached hydrogens (tertiary/aromatic N) is 1. The Morgan fingerprint density at radius 3 is 2.72 bits per heavy atom. The predicted octanol–water partition coefficient (Wildman–Crippen LogP) is 0.709. The van der Waals surface area contributed by atoms with Crippen molar-refractivity contribution in [1.29, 1.82) is 0 Å². The van der Waals surface area contributed by atoms with E-state index in [-0.39, 0.29) is 18.6 Å². The minimum absolute atomic E-state index is 0.00373. The van der Waals surface area contributed by atoms with Crippen LogP contribution < -0.4 is 11.1 Å². The van der Waals surface area contributed by atoms with Crippen LogP contribution in [0.1, 0.15) is 39.5 Å². The number of amides is 1. The summed E-state index contributed by atoms with van der Waals surface area (Å²) in [5.74, 6) is -0.00373. The molecule has 4 N–H and O–H groups in total. The summed E-state index contributed by atoms with van der Waals surface area (Å²) in [6, 6.07) is 0.0107. The fraction of sp³-hybridized carbons (Fsp3) is 0.846. The summed E-state index contributed by atoms with van der Waals surface area (Å²) in [6.07, 6.45) is 4.98. The summed E-state index contributed by atoms with van der Waals surface area (Å²) >= 11 is 0. The smallest absolute Gasteiger partial charge is 0.225 e. The first-order valence-electron chi connectivity index (χ1n) is 6.51. The van der Waals surface area contributed by atoms with Crippen molar-refractivity contribution in [3.05, 3.63) is 0 Å². The van der Waals surface area contributed by atoms with Crippen LogP contribution in [0.4, 0.5) is 0 Å². The van der Waals surface area contributed by atoms with Gasteiger partial charge in [-0.05, 0) is 25.7 Å². The quantitative estimate of drug-likeness (QED) is 0.420. The average Bonchev–Trinajstić information content (AvgIpc) is 2.28. The lowest BCUT2D eigenvalue weighted by atomic mass is 9.88. The predicted molar refractivity (Wildman–Crippen MR) is 74.7 cm³/mol. The largest absolute Gasteiger partial charge is 0.396 e. The summed E-state index contributed by atoms with van der Waals surface area (Å²) in [5, 5.41) is 11.8. The Balaban J connectivity index is 3.69. The van der Waals surface area contributed by atoms with E-state index in [1.54, 1.807) is 13.3 Å². The number of carbonyl (C=O) groups is 1. The van der Waals surface area contributed by atoms with E-state index in [2.05, 4.69) is 10.3 Å². The van der Waals surface area contributed by atoms with Gasteiger partial charge in [0, 0.05) is 37.9 Å². The molecule has 18 heavy (non-hydrogen) atoms. The SMILES string of the molecule is CN=CC(N)CCCCNC(=O)C(C)(C)CCO. The Morgan fingerprint density at radius 2 is 2.17 bits per heavy atom. The van der Waals surface area contributed by atoms with Crippen LogP contribution >= 0.6 is 0 Å². The molecule has 0 aromatic rings. The Bertz CT molecular complexity index is 265. The number of hydrogen-bond donors (Lipinski definition) is 3. The highest BCUT2D eigenvalue weighted by molar-refractivity contribution is 5.81. The zero-order valence-electron chi connectivity index (χ0n) is 11.8. The van der Waals surface area contributed by atoms with E-state index in [0.29, 0.717) is 13.0 Å². The zero-order valence-corrected chi connectivity index (χ0v) is 11.8. The number of unbranched alkanes of at least 4 members (excludes halogenated alkanes) is 1. The summed E-state index contributed by atoms with van der Waals surface area (Å²) in [4.78, 5) is 15.7. The third-order valence-electron chi connectivity index (χ3n) is 2.94. The van der Waals surface area contributed by atoms with Crippen LogP contribution in [-0.4, -0.2) is 43.5 Å². The van der Waals surface area contributed by atoms with Crippen molar-refractivity contribution in [2.45, 2.75) is 45.6 Å². The third kappa shape index (κ3) is 7.40. The van der Waals surface area contributed by atoms with Crippen LogP contribution in [-0.2, 0) is 4.79 Å². The summed E-state index contributed by atoms with van der Waals surface area (Å²) < 4.78 is 0. The molecule has 0 saturated heterocycles. The molecule has 0 aromatic carbocycles. The highest BCUT2D eigenvalue weighted by Gasteiger charge is 2.26. The molecule has 0 heterocycles. The standard InChI is InChI=1S/C13H27N3O2/c1-13(2,7-9-17)12(18)16-8-5-4-6-11(14)10-15-3/h10-11,17H,4-9,14H2,1-3H3,(H,16,18). The van der Waals surface area contributed by atoms with E-state index < -0.39 is 5.41 Å². The number of carbonyl (C=O) groups excluding carboxylic acids is 1. The second kappa shape index (κ2) is 9.05. The highest BCUT2D eigenvalue weighted by Crippen LogP contribution is 2.19. The maximum absolute atomic E-state index is 11.8. The monoisotopic (exact) mass is 257 g/mol. The van der Waals surface area contributed by atoms with E-state index in [1.807, 2.05) is 13.8 Å². The summed E-state index contributed by atoms with van der Waals surface area (Å²) in [6.45, 7) is 4.37. The van der Waals surface area contributed by atoms with Gasteiger partial charge in [-0.3, -0.25) is 9.79 Å². The lowest BCUT2D eigenvalue weighted by molar-refractivity contribution is -0.130. The maximum atomic E-state index is 11.8. The molecule has 0 aliphatic heterocycles. The van der Waals surface area contributed by atoms with Crippen molar-refractivity contribution < 1.29 is 9.90 Å². The molecule has 0 aromatic heterocycles. The van der Waals surface area contributed by atoms with E-state index in [4.69, 9.17) is 10.8 Å².